The molecule has 5 rings (SSSR count). The molecule has 2 amide bonds. The molecule has 0 unspecified atom stereocenters. The van der Waals surface area contributed by atoms with Gasteiger partial charge in [0.1, 0.15) is 0 Å². The van der Waals surface area contributed by atoms with Gasteiger partial charge >= 0.3 is 0 Å². The molecule has 1 saturated heterocycles. The van der Waals surface area contributed by atoms with Gasteiger partial charge in [-0.25, -0.2) is 0 Å². The number of nitrogens with zero attached hydrogens (tertiary/aromatic N) is 1. The lowest BCUT2D eigenvalue weighted by Crippen LogP contribution is -2.38. The van der Waals surface area contributed by atoms with Crippen molar-refractivity contribution in [3.8, 4) is 11.5 Å². The van der Waals surface area contributed by atoms with Crippen LogP contribution in [-0.4, -0.2) is 44.9 Å². The molecule has 0 atom stereocenters. The molecule has 0 bridgehead atoms. The standard InChI is InChI=1S/C23H25N3O5/c27-22(16-2-3-16)25-17-4-5-18(19(12-17)26-7-9-29-10-8-26)23(28)24-13-15-1-6-20-21(11-15)31-14-30-20/h1,4-6,11-12,16H,2-3,7-10,13-14H2,(H,24,28)(H,25,27). The van der Waals surface area contributed by atoms with Crippen molar-refractivity contribution in [1.29, 1.82) is 0 Å². The average Bonchev–Trinajstić information content (AvgIpc) is 3.56. The molecule has 3 aliphatic rings. The molecule has 0 aromatic heterocycles. The fourth-order valence-corrected chi connectivity index (χ4v) is 3.79. The van der Waals surface area contributed by atoms with Crippen LogP contribution in [0, 0.1) is 5.92 Å². The summed E-state index contributed by atoms with van der Waals surface area (Å²) in [5.41, 5.74) is 3.02. The number of fused-ring (bicyclic) bond motifs is 1. The van der Waals surface area contributed by atoms with E-state index in [0.717, 1.165) is 24.1 Å². The van der Waals surface area contributed by atoms with Gasteiger partial charge in [0.25, 0.3) is 5.91 Å². The molecular weight excluding hydrogens is 398 g/mol. The van der Waals surface area contributed by atoms with Crippen molar-refractivity contribution in [2.45, 2.75) is 19.4 Å². The van der Waals surface area contributed by atoms with Crippen molar-refractivity contribution in [3.63, 3.8) is 0 Å². The summed E-state index contributed by atoms with van der Waals surface area (Å²) in [6.07, 6.45) is 1.89. The second-order valence-electron chi connectivity index (χ2n) is 7.97. The largest absolute Gasteiger partial charge is 0.454 e. The van der Waals surface area contributed by atoms with Gasteiger partial charge in [-0.15, -0.1) is 0 Å². The third-order valence-electron chi connectivity index (χ3n) is 5.70. The van der Waals surface area contributed by atoms with Crippen molar-refractivity contribution in [3.05, 3.63) is 47.5 Å². The minimum absolute atomic E-state index is 0.0490. The van der Waals surface area contributed by atoms with Gasteiger partial charge in [-0.05, 0) is 48.7 Å². The summed E-state index contributed by atoms with van der Waals surface area (Å²) in [7, 11) is 0. The Balaban J connectivity index is 1.33. The summed E-state index contributed by atoms with van der Waals surface area (Å²) in [5, 5.41) is 5.97. The highest BCUT2D eigenvalue weighted by atomic mass is 16.7. The van der Waals surface area contributed by atoms with Gasteiger partial charge in [0.05, 0.1) is 24.5 Å². The van der Waals surface area contributed by atoms with E-state index in [0.29, 0.717) is 55.6 Å². The van der Waals surface area contributed by atoms with Crippen LogP contribution in [-0.2, 0) is 16.1 Å². The molecule has 162 valence electrons. The fraction of sp³-hybridized carbons (Fsp3) is 0.391. The first kappa shape index (κ1) is 19.7. The van der Waals surface area contributed by atoms with Crippen molar-refractivity contribution in [2.75, 3.05) is 43.3 Å². The van der Waals surface area contributed by atoms with Crippen LogP contribution in [0.1, 0.15) is 28.8 Å². The molecule has 0 radical (unpaired) electrons. The van der Waals surface area contributed by atoms with E-state index in [1.54, 1.807) is 12.1 Å². The Bertz CT molecular complexity index is 999. The van der Waals surface area contributed by atoms with Crippen LogP contribution in [0.4, 0.5) is 11.4 Å². The normalized spacial score (nSPS) is 17.4. The molecule has 8 heteroatoms. The van der Waals surface area contributed by atoms with E-state index in [1.165, 1.54) is 0 Å². The van der Waals surface area contributed by atoms with E-state index < -0.39 is 0 Å². The maximum atomic E-state index is 13.1. The Morgan fingerprint density at radius 3 is 2.61 bits per heavy atom. The molecule has 2 N–H and O–H groups in total. The first-order valence-corrected chi connectivity index (χ1v) is 10.6. The Morgan fingerprint density at radius 2 is 1.81 bits per heavy atom. The van der Waals surface area contributed by atoms with Crippen molar-refractivity contribution < 1.29 is 23.8 Å². The monoisotopic (exact) mass is 423 g/mol. The number of nitrogens with one attached hydrogen (secondary N) is 2. The molecule has 0 spiro atoms. The van der Waals surface area contributed by atoms with Gasteiger partial charge in [-0.3, -0.25) is 9.59 Å². The van der Waals surface area contributed by atoms with Crippen LogP contribution in [0.3, 0.4) is 0 Å². The zero-order valence-electron chi connectivity index (χ0n) is 17.2. The molecule has 2 fully saturated rings. The summed E-state index contributed by atoms with van der Waals surface area (Å²) < 4.78 is 16.2. The number of benzene rings is 2. The number of amides is 2. The second kappa shape index (κ2) is 8.47. The lowest BCUT2D eigenvalue weighted by molar-refractivity contribution is -0.117. The number of hydrogen-bond acceptors (Lipinski definition) is 6. The third kappa shape index (κ3) is 4.44. The van der Waals surface area contributed by atoms with E-state index in [-0.39, 0.29) is 24.5 Å². The first-order valence-electron chi connectivity index (χ1n) is 10.6. The van der Waals surface area contributed by atoms with Gasteiger partial charge in [0, 0.05) is 31.2 Å². The number of carbonyl (C=O) groups excluding carboxylic acids is 2. The smallest absolute Gasteiger partial charge is 0.253 e. The summed E-state index contributed by atoms with van der Waals surface area (Å²) in [5.74, 6) is 1.41. The molecule has 2 aromatic carbocycles. The minimum atomic E-state index is -0.167. The summed E-state index contributed by atoms with van der Waals surface area (Å²) in [4.78, 5) is 27.4. The molecule has 8 nitrogen and oxygen atoms in total. The number of morpholine rings is 1. The number of carbonyl (C=O) groups is 2. The van der Waals surface area contributed by atoms with Gasteiger partial charge in [0.15, 0.2) is 11.5 Å². The van der Waals surface area contributed by atoms with E-state index in [9.17, 15) is 9.59 Å². The van der Waals surface area contributed by atoms with Crippen LogP contribution >= 0.6 is 0 Å². The molecule has 2 aliphatic heterocycles. The maximum Gasteiger partial charge on any atom is 0.253 e. The van der Waals surface area contributed by atoms with Gasteiger partial charge in [-0.2, -0.15) is 0 Å². The van der Waals surface area contributed by atoms with Crippen molar-refractivity contribution >= 4 is 23.2 Å². The third-order valence-corrected chi connectivity index (χ3v) is 5.70. The minimum Gasteiger partial charge on any atom is -0.454 e. The van der Waals surface area contributed by atoms with Crippen LogP contribution in [0.15, 0.2) is 36.4 Å². The first-order chi connectivity index (χ1) is 15.2. The van der Waals surface area contributed by atoms with E-state index >= 15 is 0 Å². The van der Waals surface area contributed by atoms with Crippen molar-refractivity contribution in [2.24, 2.45) is 5.92 Å². The number of hydrogen-bond donors (Lipinski definition) is 2. The molecule has 2 aromatic rings. The molecule has 31 heavy (non-hydrogen) atoms. The van der Waals surface area contributed by atoms with Crippen LogP contribution in [0.5, 0.6) is 11.5 Å². The fourth-order valence-electron chi connectivity index (χ4n) is 3.79. The summed E-state index contributed by atoms with van der Waals surface area (Å²) in [6, 6.07) is 11.1. The lowest BCUT2D eigenvalue weighted by Gasteiger charge is -2.30. The lowest BCUT2D eigenvalue weighted by atomic mass is 10.1. The van der Waals surface area contributed by atoms with E-state index in [4.69, 9.17) is 14.2 Å². The number of anilines is 2. The highest BCUT2D eigenvalue weighted by Gasteiger charge is 2.30. The zero-order chi connectivity index (χ0) is 21.2. The van der Waals surface area contributed by atoms with Gasteiger partial charge < -0.3 is 29.7 Å². The molecule has 1 aliphatic carbocycles. The van der Waals surface area contributed by atoms with Gasteiger partial charge in [0.2, 0.25) is 12.7 Å². The quantitative estimate of drug-likeness (QED) is 0.742. The number of rotatable bonds is 6. The van der Waals surface area contributed by atoms with Crippen molar-refractivity contribution in [1.82, 2.24) is 5.32 Å². The summed E-state index contributed by atoms with van der Waals surface area (Å²) >= 11 is 0. The van der Waals surface area contributed by atoms with Crippen LogP contribution in [0.25, 0.3) is 0 Å². The topological polar surface area (TPSA) is 89.1 Å². The SMILES string of the molecule is O=C(NCc1ccc2c(c1)OCO2)c1ccc(NC(=O)C2CC2)cc1N1CCOCC1. The van der Waals surface area contributed by atoms with Crippen LogP contribution in [0.2, 0.25) is 0 Å². The predicted octanol–water partition coefficient (Wildman–Crippen LogP) is 2.53. The number of ether oxygens (including phenoxy) is 3. The summed E-state index contributed by atoms with van der Waals surface area (Å²) in [6.45, 7) is 3.20. The highest BCUT2D eigenvalue weighted by molar-refractivity contribution is 6.02. The zero-order valence-corrected chi connectivity index (χ0v) is 17.2. The van der Waals surface area contributed by atoms with Gasteiger partial charge in [-0.1, -0.05) is 6.07 Å². The Kier molecular flexibility index (Phi) is 5.38. The molecular formula is C23H25N3O5. The van der Waals surface area contributed by atoms with E-state index in [2.05, 4.69) is 15.5 Å². The second-order valence-corrected chi connectivity index (χ2v) is 7.97. The molecule has 1 saturated carbocycles. The Hall–Kier alpha value is -3.26. The Labute approximate surface area is 180 Å². The maximum absolute atomic E-state index is 13.1. The highest BCUT2D eigenvalue weighted by Crippen LogP contribution is 2.33. The van der Waals surface area contributed by atoms with Crippen LogP contribution < -0.4 is 25.0 Å². The average molecular weight is 423 g/mol. The van der Waals surface area contributed by atoms with E-state index in [1.807, 2.05) is 24.3 Å². The Morgan fingerprint density at radius 1 is 1.00 bits per heavy atom. The predicted molar refractivity (Wildman–Crippen MR) is 115 cm³/mol. The molecule has 2 heterocycles.